The molecular formula is C20H25N9O14P2. The molecular weight excluding hydrogens is 652 g/mol. The SMILES string of the molecule is Nc1ncnc2c1ncn2[C@@H]1O[C@H](COP(=O)(O)O[C@H]2[C@@H](O)[C@H](n3cnc4c(O)ncnc43)O[C@@H]2COP(=O)(O)O)[C@@H](O)[C@H]1O. The molecule has 0 bridgehead atoms. The van der Waals surface area contributed by atoms with Crippen molar-refractivity contribution in [3.05, 3.63) is 25.3 Å². The third kappa shape index (κ3) is 6.14. The number of phosphoric acid groups is 2. The van der Waals surface area contributed by atoms with Crippen LogP contribution in [0.4, 0.5) is 5.82 Å². The van der Waals surface area contributed by atoms with E-state index in [0.29, 0.717) is 0 Å². The number of nitrogens with two attached hydrogens (primary N) is 1. The molecule has 6 heterocycles. The first kappa shape index (κ1) is 31.7. The van der Waals surface area contributed by atoms with Crippen molar-refractivity contribution in [3.8, 4) is 5.88 Å². The lowest BCUT2D eigenvalue weighted by molar-refractivity contribution is -0.0582. The van der Waals surface area contributed by atoms with E-state index in [1.807, 2.05) is 0 Å². The molecule has 6 rings (SSSR count). The van der Waals surface area contributed by atoms with Crippen LogP contribution in [0.3, 0.4) is 0 Å². The van der Waals surface area contributed by atoms with Gasteiger partial charge in [0.25, 0.3) is 0 Å². The third-order valence-electron chi connectivity index (χ3n) is 6.99. The minimum atomic E-state index is -5.17. The molecule has 2 saturated heterocycles. The minimum Gasteiger partial charge on any atom is -0.492 e. The quantitative estimate of drug-likeness (QED) is 0.0800. The number of hydrogen-bond acceptors (Lipinski definition) is 18. The van der Waals surface area contributed by atoms with Gasteiger partial charge < -0.3 is 50.3 Å². The van der Waals surface area contributed by atoms with E-state index in [1.165, 1.54) is 10.9 Å². The number of phosphoric ester groups is 2. The Labute approximate surface area is 249 Å². The van der Waals surface area contributed by atoms with Crippen LogP contribution < -0.4 is 5.73 Å². The van der Waals surface area contributed by atoms with Gasteiger partial charge in [-0.2, -0.15) is 4.98 Å². The van der Waals surface area contributed by atoms with Crippen LogP contribution in [-0.4, -0.2) is 124 Å². The largest absolute Gasteiger partial charge is 0.492 e. The maximum absolute atomic E-state index is 13.0. The number of aliphatic hydroxyl groups is 3. The second-order valence-electron chi connectivity index (χ2n) is 9.83. The van der Waals surface area contributed by atoms with Gasteiger partial charge in [-0.25, -0.2) is 34.0 Å². The first-order chi connectivity index (χ1) is 21.2. The molecule has 45 heavy (non-hydrogen) atoms. The Morgan fingerprint density at radius 2 is 1.36 bits per heavy atom. The number of imidazole rings is 2. The molecule has 9 N–H and O–H groups in total. The highest BCUT2D eigenvalue weighted by Crippen LogP contribution is 2.50. The lowest BCUT2D eigenvalue weighted by Gasteiger charge is -2.24. The molecule has 0 amide bonds. The van der Waals surface area contributed by atoms with Crippen molar-refractivity contribution in [2.75, 3.05) is 18.9 Å². The van der Waals surface area contributed by atoms with Crippen molar-refractivity contribution in [3.63, 3.8) is 0 Å². The van der Waals surface area contributed by atoms with Crippen LogP contribution >= 0.6 is 15.6 Å². The molecule has 0 spiro atoms. The van der Waals surface area contributed by atoms with Gasteiger partial charge >= 0.3 is 15.6 Å². The van der Waals surface area contributed by atoms with Crippen LogP contribution in [0, 0.1) is 0 Å². The van der Waals surface area contributed by atoms with E-state index in [0.717, 1.165) is 23.5 Å². The summed E-state index contributed by atoms with van der Waals surface area (Å²) in [5.74, 6) is -0.432. The summed E-state index contributed by atoms with van der Waals surface area (Å²) in [5, 5.41) is 42.2. The van der Waals surface area contributed by atoms with Gasteiger partial charge in [-0.15, -0.1) is 0 Å². The number of aromatic nitrogens is 8. The fourth-order valence-electron chi connectivity index (χ4n) is 4.91. The van der Waals surface area contributed by atoms with Gasteiger partial charge in [0.05, 0.1) is 25.9 Å². The second kappa shape index (κ2) is 11.8. The van der Waals surface area contributed by atoms with Crippen LogP contribution in [0.1, 0.15) is 12.5 Å². The average molecular weight is 677 g/mol. The Balaban J connectivity index is 1.17. The predicted molar refractivity (Wildman–Crippen MR) is 141 cm³/mol. The van der Waals surface area contributed by atoms with Gasteiger partial charge in [0.2, 0.25) is 5.88 Å². The molecule has 0 saturated carbocycles. The molecule has 4 aromatic heterocycles. The van der Waals surface area contributed by atoms with Crippen molar-refractivity contribution in [1.82, 2.24) is 39.0 Å². The summed E-state index contributed by atoms with van der Waals surface area (Å²) in [4.78, 5) is 52.3. The highest BCUT2D eigenvalue weighted by molar-refractivity contribution is 7.47. The first-order valence-electron chi connectivity index (χ1n) is 12.7. The molecule has 1 unspecified atom stereocenters. The number of ether oxygens (including phenoxy) is 2. The highest BCUT2D eigenvalue weighted by atomic mass is 31.2. The fourth-order valence-corrected chi connectivity index (χ4v) is 6.22. The molecule has 2 aliphatic heterocycles. The normalized spacial score (nSPS) is 30.4. The van der Waals surface area contributed by atoms with Crippen LogP contribution in [-0.2, 0) is 32.2 Å². The molecule has 25 heteroatoms. The molecule has 244 valence electrons. The van der Waals surface area contributed by atoms with Gasteiger partial charge in [-0.3, -0.25) is 22.7 Å². The number of aliphatic hydroxyl groups excluding tert-OH is 3. The van der Waals surface area contributed by atoms with E-state index < -0.39 is 83.8 Å². The van der Waals surface area contributed by atoms with E-state index in [2.05, 4.69) is 34.4 Å². The molecule has 4 aromatic rings. The van der Waals surface area contributed by atoms with Gasteiger partial charge in [-0.1, -0.05) is 0 Å². The number of rotatable bonds is 10. The standard InChI is InChI=1S/C20H25N9O14P2/c21-15-9-16(23-3-22-15)28(5-26-9)19-12(31)11(30)7(41-19)1-40-45(37,38)43-14-8(2-39-44(34,35)36)42-20(13(14)32)29-6-27-10-17(29)24-4-25-18(10)33/h3-8,11-14,19-20,30-32H,1-2H2,(H,37,38)(H2,21,22,23)(H,24,25,33)(H2,34,35,36)/t7-,8-,11-,12-,13-,14-,19-,20-/m1/s1. The van der Waals surface area contributed by atoms with E-state index in [4.69, 9.17) is 34.0 Å². The van der Waals surface area contributed by atoms with E-state index in [9.17, 15) is 34.4 Å². The summed E-state index contributed by atoms with van der Waals surface area (Å²) >= 11 is 0. The number of nitrogens with zero attached hydrogens (tertiary/aromatic N) is 8. The van der Waals surface area contributed by atoms with E-state index in [1.54, 1.807) is 0 Å². The molecule has 2 aliphatic rings. The highest BCUT2D eigenvalue weighted by Gasteiger charge is 2.51. The Morgan fingerprint density at radius 1 is 0.778 bits per heavy atom. The zero-order valence-electron chi connectivity index (χ0n) is 22.4. The lowest BCUT2D eigenvalue weighted by Crippen LogP contribution is -2.36. The maximum Gasteiger partial charge on any atom is 0.472 e. The topological polar surface area (TPSA) is 335 Å². The first-order valence-corrected chi connectivity index (χ1v) is 15.8. The van der Waals surface area contributed by atoms with E-state index >= 15 is 0 Å². The van der Waals surface area contributed by atoms with E-state index in [-0.39, 0.29) is 28.1 Å². The number of nitrogen functional groups attached to an aromatic ring is 1. The van der Waals surface area contributed by atoms with Crippen LogP contribution in [0.2, 0.25) is 0 Å². The van der Waals surface area contributed by atoms with Crippen molar-refractivity contribution in [2.24, 2.45) is 0 Å². The van der Waals surface area contributed by atoms with Crippen LogP contribution in [0.25, 0.3) is 22.3 Å². The summed E-state index contributed by atoms with van der Waals surface area (Å²) in [7, 11) is -10.2. The molecule has 0 radical (unpaired) electrons. The number of anilines is 1. The number of aromatic hydroxyl groups is 1. The smallest absolute Gasteiger partial charge is 0.472 e. The number of fused-ring (bicyclic) bond motifs is 2. The molecule has 0 aliphatic carbocycles. The minimum absolute atomic E-state index is 0.0226. The second-order valence-corrected chi connectivity index (χ2v) is 12.5. The van der Waals surface area contributed by atoms with Crippen molar-refractivity contribution in [2.45, 2.75) is 49.1 Å². The van der Waals surface area contributed by atoms with Crippen molar-refractivity contribution in [1.29, 1.82) is 0 Å². The molecule has 23 nitrogen and oxygen atoms in total. The summed E-state index contributed by atoms with van der Waals surface area (Å²) in [5.41, 5.74) is 6.06. The summed E-state index contributed by atoms with van der Waals surface area (Å²) in [6, 6.07) is 0. The maximum atomic E-state index is 13.0. The van der Waals surface area contributed by atoms with Crippen LogP contribution in [0.5, 0.6) is 5.88 Å². The fraction of sp³-hybridized carbons (Fsp3) is 0.500. The Kier molecular flexibility index (Phi) is 8.33. The van der Waals surface area contributed by atoms with Gasteiger partial charge in [0.15, 0.2) is 35.1 Å². The van der Waals surface area contributed by atoms with Gasteiger partial charge in [0, 0.05) is 0 Å². The van der Waals surface area contributed by atoms with Gasteiger partial charge in [-0.05, 0) is 0 Å². The monoisotopic (exact) mass is 677 g/mol. The Bertz CT molecular complexity index is 1800. The number of hydrogen-bond donors (Lipinski definition) is 8. The average Bonchev–Trinajstić information content (AvgIpc) is 3.73. The predicted octanol–water partition coefficient (Wildman–Crippen LogP) is -2.56. The van der Waals surface area contributed by atoms with Crippen molar-refractivity contribution >= 4 is 43.8 Å². The van der Waals surface area contributed by atoms with Gasteiger partial charge in [0.1, 0.15) is 54.8 Å². The molecule has 0 aromatic carbocycles. The zero-order valence-corrected chi connectivity index (χ0v) is 24.2. The summed E-state index contributed by atoms with van der Waals surface area (Å²) in [6.07, 6.45) is -8.02. The Morgan fingerprint density at radius 3 is 2.04 bits per heavy atom. The molecule has 2 fully saturated rings. The summed E-state index contributed by atoms with van der Waals surface area (Å²) in [6.45, 7) is -1.73. The summed E-state index contributed by atoms with van der Waals surface area (Å²) < 4.78 is 52.7. The Hall–Kier alpha value is -3.28. The van der Waals surface area contributed by atoms with Crippen LogP contribution in [0.15, 0.2) is 25.3 Å². The van der Waals surface area contributed by atoms with Crippen molar-refractivity contribution < 1.29 is 67.3 Å². The molecule has 9 atom stereocenters. The third-order valence-corrected chi connectivity index (χ3v) is 8.46. The lowest BCUT2D eigenvalue weighted by atomic mass is 10.1. The zero-order chi connectivity index (χ0) is 32.3.